The Balaban J connectivity index is 2.25. The van der Waals surface area contributed by atoms with Crippen LogP contribution in [0, 0.1) is 0 Å². The van der Waals surface area contributed by atoms with Crippen LogP contribution in [0.2, 0.25) is 5.02 Å². The second kappa shape index (κ2) is 7.19. The minimum atomic E-state index is -0.848. The molecule has 0 atom stereocenters. The Hall–Kier alpha value is -1.20. The molecule has 92 valence electrons. The first-order valence-corrected chi connectivity index (χ1v) is 6.46. The Kier molecular flexibility index (Phi) is 5.86. The van der Waals surface area contributed by atoms with E-state index in [0.717, 1.165) is 0 Å². The number of carbonyl (C=O) groups is 2. The maximum absolute atomic E-state index is 11.6. The first kappa shape index (κ1) is 13.9. The predicted octanol–water partition coefficient (Wildman–Crippen LogP) is 1.89. The third-order valence-corrected chi connectivity index (χ3v) is 3.06. The van der Waals surface area contributed by atoms with Crippen LogP contribution in [0.1, 0.15) is 10.4 Å². The van der Waals surface area contributed by atoms with Crippen molar-refractivity contribution in [1.82, 2.24) is 5.32 Å². The number of aliphatic carboxylic acids is 1. The monoisotopic (exact) mass is 273 g/mol. The molecule has 1 rings (SSSR count). The van der Waals surface area contributed by atoms with E-state index in [9.17, 15) is 9.59 Å². The minimum Gasteiger partial charge on any atom is -0.481 e. The predicted molar refractivity (Wildman–Crippen MR) is 68.7 cm³/mol. The van der Waals surface area contributed by atoms with Crippen molar-refractivity contribution < 1.29 is 14.7 Å². The van der Waals surface area contributed by atoms with Crippen molar-refractivity contribution in [3.8, 4) is 0 Å². The van der Waals surface area contributed by atoms with Crippen molar-refractivity contribution in [1.29, 1.82) is 0 Å². The maximum Gasteiger partial charge on any atom is 0.313 e. The molecule has 1 aromatic rings. The number of halogens is 1. The Morgan fingerprint density at radius 2 is 1.94 bits per heavy atom. The number of hydrogen-bond donors (Lipinski definition) is 2. The van der Waals surface area contributed by atoms with E-state index >= 15 is 0 Å². The highest BCUT2D eigenvalue weighted by molar-refractivity contribution is 7.99. The second-order valence-electron chi connectivity index (χ2n) is 3.21. The molecule has 0 radical (unpaired) electrons. The molecule has 0 saturated carbocycles. The molecule has 1 amide bonds. The van der Waals surface area contributed by atoms with Gasteiger partial charge >= 0.3 is 5.97 Å². The molecule has 0 heterocycles. The summed E-state index contributed by atoms with van der Waals surface area (Å²) in [5, 5.41) is 11.7. The van der Waals surface area contributed by atoms with Crippen molar-refractivity contribution in [2.75, 3.05) is 18.1 Å². The van der Waals surface area contributed by atoms with E-state index in [1.54, 1.807) is 24.3 Å². The van der Waals surface area contributed by atoms with Crippen LogP contribution in [0.25, 0.3) is 0 Å². The van der Waals surface area contributed by atoms with E-state index in [-0.39, 0.29) is 11.7 Å². The van der Waals surface area contributed by atoms with Crippen LogP contribution in [-0.4, -0.2) is 35.0 Å². The van der Waals surface area contributed by atoms with Gasteiger partial charge in [0.05, 0.1) is 5.75 Å². The van der Waals surface area contributed by atoms with Gasteiger partial charge < -0.3 is 10.4 Å². The van der Waals surface area contributed by atoms with Gasteiger partial charge in [-0.15, -0.1) is 11.8 Å². The molecule has 0 aromatic heterocycles. The third kappa shape index (κ3) is 5.60. The molecule has 2 N–H and O–H groups in total. The van der Waals surface area contributed by atoms with Crippen LogP contribution in [0.5, 0.6) is 0 Å². The number of hydrogen-bond acceptors (Lipinski definition) is 3. The van der Waals surface area contributed by atoms with Gasteiger partial charge in [0.1, 0.15) is 0 Å². The highest BCUT2D eigenvalue weighted by Gasteiger charge is 2.04. The Bertz CT molecular complexity index is 394. The molecule has 0 aliphatic heterocycles. The van der Waals surface area contributed by atoms with Gasteiger partial charge in [0, 0.05) is 22.9 Å². The summed E-state index contributed by atoms with van der Waals surface area (Å²) >= 11 is 6.97. The lowest BCUT2D eigenvalue weighted by Gasteiger charge is -2.04. The van der Waals surface area contributed by atoms with Crippen molar-refractivity contribution in [3.05, 3.63) is 34.9 Å². The molecule has 17 heavy (non-hydrogen) atoms. The quantitative estimate of drug-likeness (QED) is 0.777. The van der Waals surface area contributed by atoms with E-state index in [4.69, 9.17) is 16.7 Å². The fourth-order valence-corrected chi connectivity index (χ4v) is 1.79. The molecule has 0 aliphatic carbocycles. The van der Waals surface area contributed by atoms with Crippen LogP contribution in [0.15, 0.2) is 24.3 Å². The molecule has 0 aliphatic rings. The van der Waals surface area contributed by atoms with Gasteiger partial charge in [0.15, 0.2) is 0 Å². The maximum atomic E-state index is 11.6. The number of carboxylic acids is 1. The van der Waals surface area contributed by atoms with E-state index in [1.165, 1.54) is 11.8 Å². The van der Waals surface area contributed by atoms with Crippen LogP contribution < -0.4 is 5.32 Å². The SMILES string of the molecule is O=C(O)CSCCNC(=O)c1ccc(Cl)cc1. The lowest BCUT2D eigenvalue weighted by Crippen LogP contribution is -2.25. The zero-order valence-electron chi connectivity index (χ0n) is 8.98. The normalized spacial score (nSPS) is 9.94. The number of rotatable bonds is 6. The first-order valence-electron chi connectivity index (χ1n) is 4.93. The molecule has 0 saturated heterocycles. The smallest absolute Gasteiger partial charge is 0.313 e. The van der Waals surface area contributed by atoms with E-state index in [1.807, 2.05) is 0 Å². The van der Waals surface area contributed by atoms with Gasteiger partial charge in [-0.05, 0) is 24.3 Å². The third-order valence-electron chi connectivity index (χ3n) is 1.86. The van der Waals surface area contributed by atoms with Crippen LogP contribution in [0.4, 0.5) is 0 Å². The van der Waals surface area contributed by atoms with Crippen LogP contribution in [0.3, 0.4) is 0 Å². The molecule has 0 spiro atoms. The number of benzene rings is 1. The number of amides is 1. The van der Waals surface area contributed by atoms with Gasteiger partial charge in [0.2, 0.25) is 0 Å². The Morgan fingerprint density at radius 3 is 2.53 bits per heavy atom. The van der Waals surface area contributed by atoms with Gasteiger partial charge in [-0.25, -0.2) is 0 Å². The molecule has 0 unspecified atom stereocenters. The van der Waals surface area contributed by atoms with E-state index in [0.29, 0.717) is 22.9 Å². The average Bonchev–Trinajstić information content (AvgIpc) is 2.29. The lowest BCUT2D eigenvalue weighted by molar-refractivity contribution is -0.133. The summed E-state index contributed by atoms with van der Waals surface area (Å²) in [6, 6.07) is 6.58. The second-order valence-corrected chi connectivity index (χ2v) is 4.75. The largest absolute Gasteiger partial charge is 0.481 e. The molecule has 0 fully saturated rings. The highest BCUT2D eigenvalue weighted by Crippen LogP contribution is 2.09. The lowest BCUT2D eigenvalue weighted by atomic mass is 10.2. The zero-order valence-corrected chi connectivity index (χ0v) is 10.6. The Morgan fingerprint density at radius 1 is 1.29 bits per heavy atom. The van der Waals surface area contributed by atoms with Crippen LogP contribution >= 0.6 is 23.4 Å². The van der Waals surface area contributed by atoms with Crippen molar-refractivity contribution in [2.45, 2.75) is 0 Å². The zero-order chi connectivity index (χ0) is 12.7. The highest BCUT2D eigenvalue weighted by atomic mass is 35.5. The molecule has 0 bridgehead atoms. The number of carbonyl (C=O) groups excluding carboxylic acids is 1. The molecular formula is C11H12ClNO3S. The van der Waals surface area contributed by atoms with Gasteiger partial charge in [0.25, 0.3) is 5.91 Å². The van der Waals surface area contributed by atoms with Gasteiger partial charge in [-0.2, -0.15) is 0 Å². The van der Waals surface area contributed by atoms with E-state index < -0.39 is 5.97 Å². The summed E-state index contributed by atoms with van der Waals surface area (Å²) in [4.78, 5) is 21.8. The van der Waals surface area contributed by atoms with Crippen molar-refractivity contribution in [3.63, 3.8) is 0 Å². The minimum absolute atomic E-state index is 0.0524. The summed E-state index contributed by atoms with van der Waals surface area (Å²) in [6.07, 6.45) is 0. The number of carboxylic acid groups (broad SMARTS) is 1. The summed E-state index contributed by atoms with van der Waals surface area (Å²) in [5.41, 5.74) is 0.539. The van der Waals surface area contributed by atoms with Crippen molar-refractivity contribution >= 4 is 35.2 Å². The fourth-order valence-electron chi connectivity index (χ4n) is 1.10. The summed E-state index contributed by atoms with van der Waals surface area (Å²) in [5.74, 6) is -0.403. The summed E-state index contributed by atoms with van der Waals surface area (Å²) < 4.78 is 0. The Labute approximate surface area is 108 Å². The standard InChI is InChI=1S/C11H12ClNO3S/c12-9-3-1-8(2-4-9)11(16)13-5-6-17-7-10(14)15/h1-4H,5-7H2,(H,13,16)(H,14,15). The van der Waals surface area contributed by atoms with Gasteiger partial charge in [-0.1, -0.05) is 11.6 Å². The number of nitrogens with one attached hydrogen (secondary N) is 1. The molecule has 6 heteroatoms. The van der Waals surface area contributed by atoms with E-state index in [2.05, 4.69) is 5.32 Å². The molecular weight excluding hydrogens is 262 g/mol. The topological polar surface area (TPSA) is 66.4 Å². The number of thioether (sulfide) groups is 1. The fraction of sp³-hybridized carbons (Fsp3) is 0.273. The molecule has 4 nitrogen and oxygen atoms in total. The summed E-state index contributed by atoms with van der Waals surface area (Å²) in [7, 11) is 0. The first-order chi connectivity index (χ1) is 8.09. The van der Waals surface area contributed by atoms with Crippen LogP contribution in [-0.2, 0) is 4.79 Å². The average molecular weight is 274 g/mol. The molecule has 1 aromatic carbocycles. The summed E-state index contributed by atoms with van der Waals surface area (Å²) in [6.45, 7) is 0.444. The van der Waals surface area contributed by atoms with Crippen molar-refractivity contribution in [2.24, 2.45) is 0 Å². The van der Waals surface area contributed by atoms with Gasteiger partial charge in [-0.3, -0.25) is 9.59 Å².